The van der Waals surface area contributed by atoms with Gasteiger partial charge in [-0.25, -0.2) is 0 Å². The van der Waals surface area contributed by atoms with Crippen molar-refractivity contribution in [3.63, 3.8) is 0 Å². The highest BCUT2D eigenvalue weighted by molar-refractivity contribution is 7.18. The fourth-order valence-electron chi connectivity index (χ4n) is 0.954. The molecule has 0 unspecified atom stereocenters. The van der Waals surface area contributed by atoms with E-state index < -0.39 is 0 Å². The maximum Gasteiger partial charge on any atom is 0.206 e. The van der Waals surface area contributed by atoms with Gasteiger partial charge in [-0.1, -0.05) is 11.6 Å². The number of aromatic amines is 1. The summed E-state index contributed by atoms with van der Waals surface area (Å²) in [6.45, 7) is 0. The fourth-order valence-corrected chi connectivity index (χ4v) is 1.96. The van der Waals surface area contributed by atoms with E-state index in [1.807, 2.05) is 0 Å². The van der Waals surface area contributed by atoms with Crippen LogP contribution in [0, 0.1) is 0 Å². The number of aromatic nitrogens is 2. The van der Waals surface area contributed by atoms with E-state index in [0.717, 1.165) is 0 Å². The lowest BCUT2D eigenvalue weighted by molar-refractivity contribution is 0.104. The van der Waals surface area contributed by atoms with Crippen molar-refractivity contribution in [2.45, 2.75) is 0 Å². The van der Waals surface area contributed by atoms with Gasteiger partial charge in [-0.05, 0) is 12.1 Å². The van der Waals surface area contributed by atoms with Crippen LogP contribution in [0.2, 0.25) is 4.34 Å². The molecule has 0 radical (unpaired) electrons. The topological polar surface area (TPSA) is 45.8 Å². The molecule has 0 fully saturated rings. The second kappa shape index (κ2) is 3.32. The maximum atomic E-state index is 11.6. The number of hydrogen-bond acceptors (Lipinski definition) is 3. The van der Waals surface area contributed by atoms with Crippen molar-refractivity contribution in [1.82, 2.24) is 10.2 Å². The molecule has 1 N–H and O–H groups in total. The average Bonchev–Trinajstić information content (AvgIpc) is 2.72. The van der Waals surface area contributed by atoms with Gasteiger partial charge >= 0.3 is 0 Å². The van der Waals surface area contributed by atoms with Gasteiger partial charge < -0.3 is 0 Å². The van der Waals surface area contributed by atoms with E-state index in [1.165, 1.54) is 17.5 Å². The molecule has 0 spiro atoms. The molecular formula is C8H5ClN2OS. The van der Waals surface area contributed by atoms with Crippen molar-refractivity contribution in [3.05, 3.63) is 39.3 Å². The van der Waals surface area contributed by atoms with Gasteiger partial charge in [0.25, 0.3) is 0 Å². The van der Waals surface area contributed by atoms with E-state index >= 15 is 0 Å². The number of thiophene rings is 1. The van der Waals surface area contributed by atoms with E-state index in [9.17, 15) is 4.79 Å². The van der Waals surface area contributed by atoms with Crippen molar-refractivity contribution in [3.8, 4) is 0 Å². The molecule has 0 amide bonds. The molecule has 0 bridgehead atoms. The Morgan fingerprint density at radius 1 is 1.54 bits per heavy atom. The number of ketones is 1. The lowest BCUT2D eigenvalue weighted by atomic mass is 10.2. The number of H-pyrrole nitrogens is 1. The first kappa shape index (κ1) is 8.47. The highest BCUT2D eigenvalue weighted by atomic mass is 35.5. The van der Waals surface area contributed by atoms with Gasteiger partial charge in [0.1, 0.15) is 0 Å². The van der Waals surface area contributed by atoms with Crippen LogP contribution in [0.3, 0.4) is 0 Å². The minimum atomic E-state index is -0.0503. The SMILES string of the molecule is O=C(c1cn[nH]c1)c1ccc(Cl)s1. The highest BCUT2D eigenvalue weighted by Crippen LogP contribution is 2.23. The van der Waals surface area contributed by atoms with Crippen LogP contribution in [0.1, 0.15) is 15.2 Å². The summed E-state index contributed by atoms with van der Waals surface area (Å²) in [5, 5.41) is 6.29. The van der Waals surface area contributed by atoms with E-state index in [0.29, 0.717) is 14.8 Å². The van der Waals surface area contributed by atoms with E-state index in [4.69, 9.17) is 11.6 Å². The molecule has 0 saturated carbocycles. The standard InChI is InChI=1S/C8H5ClN2OS/c9-7-2-1-6(13-7)8(12)5-3-10-11-4-5/h1-4H,(H,10,11). The van der Waals surface area contributed by atoms with Crippen LogP contribution >= 0.6 is 22.9 Å². The van der Waals surface area contributed by atoms with Crippen molar-refractivity contribution in [2.24, 2.45) is 0 Å². The molecule has 0 aliphatic heterocycles. The number of carbonyl (C=O) groups excluding carboxylic acids is 1. The Morgan fingerprint density at radius 3 is 2.92 bits per heavy atom. The molecule has 0 aromatic carbocycles. The molecule has 0 aliphatic carbocycles. The molecule has 66 valence electrons. The number of rotatable bonds is 2. The largest absolute Gasteiger partial charge is 0.288 e. The molecule has 0 aliphatic rings. The Kier molecular flexibility index (Phi) is 2.16. The number of halogens is 1. The fraction of sp³-hybridized carbons (Fsp3) is 0. The Hall–Kier alpha value is -1.13. The molecule has 2 rings (SSSR count). The Balaban J connectivity index is 2.33. The molecule has 0 saturated heterocycles. The first-order chi connectivity index (χ1) is 6.27. The Labute approximate surface area is 83.4 Å². The monoisotopic (exact) mass is 212 g/mol. The lowest BCUT2D eigenvalue weighted by Crippen LogP contribution is -1.95. The van der Waals surface area contributed by atoms with Gasteiger partial charge in [0.05, 0.1) is 21.0 Å². The van der Waals surface area contributed by atoms with Crippen LogP contribution in [0.5, 0.6) is 0 Å². The van der Waals surface area contributed by atoms with Crippen LogP contribution in [0.25, 0.3) is 0 Å². The molecule has 13 heavy (non-hydrogen) atoms. The van der Waals surface area contributed by atoms with Crippen molar-refractivity contribution in [2.75, 3.05) is 0 Å². The quantitative estimate of drug-likeness (QED) is 0.777. The minimum absolute atomic E-state index is 0.0503. The summed E-state index contributed by atoms with van der Waals surface area (Å²) in [6.07, 6.45) is 3.06. The highest BCUT2D eigenvalue weighted by Gasteiger charge is 2.11. The predicted octanol–water partition coefficient (Wildman–Crippen LogP) is 2.36. The zero-order valence-electron chi connectivity index (χ0n) is 6.45. The third-order valence-corrected chi connectivity index (χ3v) is 2.79. The summed E-state index contributed by atoms with van der Waals surface area (Å²) in [5.74, 6) is -0.0503. The summed E-state index contributed by atoms with van der Waals surface area (Å²) in [5.41, 5.74) is 0.554. The number of nitrogens with one attached hydrogen (secondary N) is 1. The summed E-state index contributed by atoms with van der Waals surface area (Å²) < 4.78 is 0.617. The first-order valence-electron chi connectivity index (χ1n) is 3.56. The molecule has 2 aromatic rings. The van der Waals surface area contributed by atoms with Crippen LogP contribution < -0.4 is 0 Å². The first-order valence-corrected chi connectivity index (χ1v) is 4.75. The normalized spacial score (nSPS) is 10.2. The Morgan fingerprint density at radius 2 is 2.38 bits per heavy atom. The second-order valence-corrected chi connectivity index (χ2v) is 4.13. The van der Waals surface area contributed by atoms with Gasteiger partial charge in [0.2, 0.25) is 5.78 Å². The van der Waals surface area contributed by atoms with Crippen LogP contribution in [-0.4, -0.2) is 16.0 Å². The van der Waals surface area contributed by atoms with Gasteiger partial charge in [0, 0.05) is 6.20 Å². The maximum absolute atomic E-state index is 11.6. The van der Waals surface area contributed by atoms with Crippen LogP contribution in [0.15, 0.2) is 24.5 Å². The summed E-state index contributed by atoms with van der Waals surface area (Å²) >= 11 is 6.98. The van der Waals surface area contributed by atoms with Crippen LogP contribution in [0.4, 0.5) is 0 Å². The van der Waals surface area contributed by atoms with Gasteiger partial charge in [0.15, 0.2) is 0 Å². The molecule has 3 nitrogen and oxygen atoms in total. The third kappa shape index (κ3) is 1.64. The lowest BCUT2D eigenvalue weighted by Gasteiger charge is -1.89. The molecule has 0 atom stereocenters. The van der Waals surface area contributed by atoms with Gasteiger partial charge in [-0.3, -0.25) is 9.89 Å². The number of carbonyl (C=O) groups is 1. The second-order valence-electron chi connectivity index (χ2n) is 2.42. The van der Waals surface area contributed by atoms with Crippen molar-refractivity contribution >= 4 is 28.7 Å². The minimum Gasteiger partial charge on any atom is -0.288 e. The molecule has 5 heteroatoms. The van der Waals surface area contributed by atoms with Crippen LogP contribution in [-0.2, 0) is 0 Å². The smallest absolute Gasteiger partial charge is 0.206 e. The summed E-state index contributed by atoms with van der Waals surface area (Å²) in [7, 11) is 0. The van der Waals surface area contributed by atoms with Gasteiger partial charge in [-0.15, -0.1) is 11.3 Å². The predicted molar refractivity (Wildman–Crippen MR) is 51.3 cm³/mol. The average molecular weight is 213 g/mol. The Bertz CT molecular complexity index is 421. The van der Waals surface area contributed by atoms with Crippen molar-refractivity contribution < 1.29 is 4.79 Å². The molecular weight excluding hydrogens is 208 g/mol. The van der Waals surface area contributed by atoms with E-state index in [-0.39, 0.29) is 5.78 Å². The zero-order valence-corrected chi connectivity index (χ0v) is 8.02. The zero-order chi connectivity index (χ0) is 9.26. The van der Waals surface area contributed by atoms with Gasteiger partial charge in [-0.2, -0.15) is 5.10 Å². The molecule has 2 heterocycles. The summed E-state index contributed by atoms with van der Waals surface area (Å²) in [4.78, 5) is 12.2. The summed E-state index contributed by atoms with van der Waals surface area (Å²) in [6, 6.07) is 3.42. The third-order valence-electron chi connectivity index (χ3n) is 1.56. The molecule has 2 aromatic heterocycles. The van der Waals surface area contributed by atoms with E-state index in [2.05, 4.69) is 10.2 Å². The number of nitrogens with zero attached hydrogens (tertiary/aromatic N) is 1. The van der Waals surface area contributed by atoms with E-state index in [1.54, 1.807) is 18.3 Å². The van der Waals surface area contributed by atoms with Crippen molar-refractivity contribution in [1.29, 1.82) is 0 Å². The number of hydrogen-bond donors (Lipinski definition) is 1.